The van der Waals surface area contributed by atoms with Crippen LogP contribution in [0.15, 0.2) is 24.3 Å². The molecule has 0 spiro atoms. The smallest absolute Gasteiger partial charge is 0.306 e. The molecule has 0 aliphatic heterocycles. The van der Waals surface area contributed by atoms with Crippen molar-refractivity contribution in [3.8, 4) is 0 Å². The molecule has 0 aliphatic rings. The van der Waals surface area contributed by atoms with Crippen molar-refractivity contribution in [1.82, 2.24) is 3.71 Å². The number of benzene rings is 1. The second-order valence-electron chi connectivity index (χ2n) is 2.23. The molecule has 1 aromatic carbocycles. The van der Waals surface area contributed by atoms with Crippen molar-refractivity contribution < 1.29 is 4.79 Å². The molecule has 0 radical (unpaired) electrons. The van der Waals surface area contributed by atoms with Gasteiger partial charge in [0.25, 0.3) is 0 Å². The predicted molar refractivity (Wildman–Crippen MR) is 60.3 cm³/mol. The monoisotopic (exact) mass is 234 g/mol. The molecule has 13 heavy (non-hydrogen) atoms. The fraction of sp³-hybridized carbons (Fsp3) is 0. The van der Waals surface area contributed by atoms with Gasteiger partial charge in [-0.25, -0.2) is 8.51 Å². The summed E-state index contributed by atoms with van der Waals surface area (Å²) in [6.07, 6.45) is 0. The van der Waals surface area contributed by atoms with Gasteiger partial charge in [-0.05, 0) is 24.3 Å². The molecule has 70 valence electrons. The fourth-order valence-corrected chi connectivity index (χ4v) is 0.933. The molecule has 0 aromatic heterocycles. The average Bonchev–Trinajstić information content (AvgIpc) is 2.08. The van der Waals surface area contributed by atoms with Crippen molar-refractivity contribution in [2.75, 3.05) is 5.32 Å². The van der Waals surface area contributed by atoms with Gasteiger partial charge < -0.3 is 5.32 Å². The maximum Gasteiger partial charge on any atom is 0.341 e. The second-order valence-corrected chi connectivity index (χ2v) is 3.78. The largest absolute Gasteiger partial charge is 0.341 e. The summed E-state index contributed by atoms with van der Waals surface area (Å²) in [5.74, 6) is 0. The van der Waals surface area contributed by atoms with Crippen LogP contribution < -0.4 is 5.32 Å². The highest BCUT2D eigenvalue weighted by Gasteiger charge is 2.04. The number of anilines is 1. The van der Waals surface area contributed by atoms with E-state index in [1.54, 1.807) is 24.3 Å². The van der Waals surface area contributed by atoms with Crippen LogP contribution in [0.2, 0.25) is 5.02 Å². The lowest BCUT2D eigenvalue weighted by Gasteiger charge is -2.08. The van der Waals surface area contributed by atoms with Crippen LogP contribution in [-0.2, 0) is 0 Å². The van der Waals surface area contributed by atoms with Crippen LogP contribution in [0.1, 0.15) is 0 Å². The van der Waals surface area contributed by atoms with Crippen LogP contribution in [0.4, 0.5) is 10.5 Å². The molecule has 2 amide bonds. The Morgan fingerprint density at radius 1 is 1.31 bits per heavy atom. The first-order valence-electron chi connectivity index (χ1n) is 3.34. The van der Waals surface area contributed by atoms with E-state index >= 15 is 0 Å². The Kier molecular flexibility index (Phi) is 3.77. The van der Waals surface area contributed by atoms with Crippen molar-refractivity contribution in [3.63, 3.8) is 0 Å². The van der Waals surface area contributed by atoms with E-state index in [0.717, 1.165) is 3.71 Å². The van der Waals surface area contributed by atoms with Crippen LogP contribution >= 0.6 is 37.2 Å². The summed E-state index contributed by atoms with van der Waals surface area (Å²) in [5.41, 5.74) is 0.641. The Labute approximate surface area is 92.2 Å². The molecule has 0 saturated carbocycles. The highest BCUT2D eigenvalue weighted by atomic mass is 35.5. The first-order valence-corrected chi connectivity index (χ1v) is 4.52. The van der Waals surface area contributed by atoms with E-state index in [4.69, 9.17) is 11.6 Å². The molecule has 1 N–H and O–H groups in total. The van der Waals surface area contributed by atoms with E-state index in [0.29, 0.717) is 10.7 Å². The Balaban J connectivity index is 2.65. The van der Waals surface area contributed by atoms with Crippen molar-refractivity contribution in [3.05, 3.63) is 29.3 Å². The van der Waals surface area contributed by atoms with Gasteiger partial charge in [0.15, 0.2) is 0 Å². The normalized spacial score (nSPS) is 9.46. The van der Waals surface area contributed by atoms with E-state index in [-0.39, 0.29) is 0 Å². The van der Waals surface area contributed by atoms with Gasteiger partial charge in [-0.2, -0.15) is 0 Å². The van der Waals surface area contributed by atoms with Crippen molar-refractivity contribution in [2.24, 2.45) is 0 Å². The quantitative estimate of drug-likeness (QED) is 0.642. The zero-order valence-corrected chi connectivity index (χ0v) is 8.98. The average molecular weight is 235 g/mol. The fourth-order valence-electron chi connectivity index (χ4n) is 0.707. The SMILES string of the molecule is O=C(Nc1ccc(Cl)cc1)N(S)S. The first-order chi connectivity index (χ1) is 6.09. The summed E-state index contributed by atoms with van der Waals surface area (Å²) in [7, 11) is 0. The minimum absolute atomic E-state index is 0.422. The Hall–Kier alpha value is -0.520. The van der Waals surface area contributed by atoms with Gasteiger partial charge >= 0.3 is 6.03 Å². The van der Waals surface area contributed by atoms with E-state index in [1.807, 2.05) is 0 Å². The van der Waals surface area contributed by atoms with Gasteiger partial charge in [0, 0.05) is 10.7 Å². The minimum atomic E-state index is -0.422. The summed E-state index contributed by atoms with van der Waals surface area (Å²) in [6, 6.07) is 6.31. The molecule has 0 aliphatic carbocycles. The number of hydrogen-bond acceptors (Lipinski definition) is 3. The van der Waals surface area contributed by atoms with Gasteiger partial charge in [0.2, 0.25) is 0 Å². The summed E-state index contributed by atoms with van der Waals surface area (Å²) in [5, 5.41) is 3.16. The molecular formula is C7H7ClN2OS2. The number of urea groups is 1. The summed E-state index contributed by atoms with van der Waals surface area (Å²) < 4.78 is 0.856. The summed E-state index contributed by atoms with van der Waals surface area (Å²) >= 11 is 13.1. The van der Waals surface area contributed by atoms with Crippen molar-refractivity contribution in [2.45, 2.75) is 0 Å². The van der Waals surface area contributed by atoms with E-state index < -0.39 is 6.03 Å². The maximum atomic E-state index is 11.0. The van der Waals surface area contributed by atoms with E-state index in [9.17, 15) is 4.79 Å². The van der Waals surface area contributed by atoms with Crippen LogP contribution in [-0.4, -0.2) is 9.74 Å². The molecule has 1 aromatic rings. The molecule has 0 atom stereocenters. The van der Waals surface area contributed by atoms with Crippen molar-refractivity contribution in [1.29, 1.82) is 0 Å². The maximum absolute atomic E-state index is 11.0. The van der Waals surface area contributed by atoms with Gasteiger partial charge in [-0.3, -0.25) is 0 Å². The third kappa shape index (κ3) is 3.38. The molecular weight excluding hydrogens is 228 g/mol. The highest BCUT2D eigenvalue weighted by molar-refractivity contribution is 7.94. The van der Waals surface area contributed by atoms with E-state index in [2.05, 4.69) is 30.9 Å². The Morgan fingerprint density at radius 3 is 2.31 bits per heavy atom. The van der Waals surface area contributed by atoms with Crippen LogP contribution in [0, 0.1) is 0 Å². The summed E-state index contributed by atoms with van der Waals surface area (Å²) in [6.45, 7) is 0. The zero-order valence-electron chi connectivity index (χ0n) is 6.44. The lowest BCUT2D eigenvalue weighted by Crippen LogP contribution is -2.19. The minimum Gasteiger partial charge on any atom is -0.306 e. The number of nitrogens with zero attached hydrogens (tertiary/aromatic N) is 1. The molecule has 0 unspecified atom stereocenters. The number of amides is 2. The Bertz CT molecular complexity index is 302. The van der Waals surface area contributed by atoms with Crippen LogP contribution in [0.3, 0.4) is 0 Å². The first kappa shape index (κ1) is 10.6. The number of carbonyl (C=O) groups is 1. The number of halogens is 1. The molecule has 0 heterocycles. The molecule has 3 nitrogen and oxygen atoms in total. The van der Waals surface area contributed by atoms with Gasteiger partial charge in [-0.1, -0.05) is 37.2 Å². The number of nitrogens with one attached hydrogen (secondary N) is 1. The standard InChI is InChI=1S/C7H7ClN2OS2/c8-5-1-3-6(4-2-5)9-7(11)10(12)13/h1-4,12-13H,(H,9,11). The number of hydrogen-bond donors (Lipinski definition) is 3. The van der Waals surface area contributed by atoms with Gasteiger partial charge in [0.05, 0.1) is 0 Å². The van der Waals surface area contributed by atoms with Crippen molar-refractivity contribution >= 4 is 48.9 Å². The molecule has 0 bridgehead atoms. The third-order valence-electron chi connectivity index (χ3n) is 1.28. The predicted octanol–water partition coefficient (Wildman–Crippen LogP) is 2.86. The molecule has 6 heteroatoms. The van der Waals surface area contributed by atoms with Crippen LogP contribution in [0.25, 0.3) is 0 Å². The zero-order chi connectivity index (χ0) is 9.84. The van der Waals surface area contributed by atoms with Gasteiger partial charge in [0.1, 0.15) is 0 Å². The highest BCUT2D eigenvalue weighted by Crippen LogP contribution is 2.14. The number of rotatable bonds is 1. The van der Waals surface area contributed by atoms with Crippen LogP contribution in [0.5, 0.6) is 0 Å². The van der Waals surface area contributed by atoms with E-state index in [1.165, 1.54) is 0 Å². The number of thiol groups is 2. The summed E-state index contributed by atoms with van der Waals surface area (Å²) in [4.78, 5) is 11.0. The van der Waals surface area contributed by atoms with Gasteiger partial charge in [-0.15, -0.1) is 0 Å². The topological polar surface area (TPSA) is 32.3 Å². The second kappa shape index (κ2) is 4.64. The molecule has 1 rings (SSSR count). The third-order valence-corrected chi connectivity index (χ3v) is 1.89. The number of carbonyl (C=O) groups excluding carboxylic acids is 1. The molecule has 0 saturated heterocycles. The lowest BCUT2D eigenvalue weighted by molar-refractivity contribution is 0.250. The molecule has 0 fully saturated rings. The lowest BCUT2D eigenvalue weighted by atomic mass is 10.3. The Morgan fingerprint density at radius 2 is 1.85 bits per heavy atom.